The number of aromatic nitrogens is 1. The first-order valence-electron chi connectivity index (χ1n) is 10.4. The standard InChI is InChI=1S/C24H26N4O2/c29-23(18-6-2-1-3-7-18)19-11-15-28(16-12-19)17-14-26-24(30)27-22-10-13-25-21-9-5-4-8-20(21)22/h1-10,13,19H,11-12,14-17H2,(H2,25,26,27,30). The largest absolute Gasteiger partial charge is 0.337 e. The quantitative estimate of drug-likeness (QED) is 0.612. The van der Waals surface area contributed by atoms with E-state index >= 15 is 0 Å². The van der Waals surface area contributed by atoms with Crippen LogP contribution in [-0.4, -0.2) is 47.9 Å². The van der Waals surface area contributed by atoms with Crippen molar-refractivity contribution in [3.63, 3.8) is 0 Å². The Morgan fingerprint density at radius 1 is 0.967 bits per heavy atom. The first-order valence-corrected chi connectivity index (χ1v) is 10.4. The summed E-state index contributed by atoms with van der Waals surface area (Å²) in [5.41, 5.74) is 2.40. The number of nitrogens with zero attached hydrogens (tertiary/aromatic N) is 2. The van der Waals surface area contributed by atoms with Gasteiger partial charge in [0, 0.05) is 36.2 Å². The van der Waals surface area contributed by atoms with Crippen molar-refractivity contribution in [2.24, 2.45) is 5.92 Å². The molecule has 1 aromatic heterocycles. The van der Waals surface area contributed by atoms with Crippen molar-refractivity contribution in [2.45, 2.75) is 12.8 Å². The Labute approximate surface area is 176 Å². The molecule has 4 rings (SSSR count). The zero-order valence-electron chi connectivity index (χ0n) is 16.9. The lowest BCUT2D eigenvalue weighted by Gasteiger charge is -2.31. The molecule has 1 fully saturated rings. The molecular formula is C24H26N4O2. The highest BCUT2D eigenvalue weighted by atomic mass is 16.2. The number of pyridine rings is 1. The molecule has 2 heterocycles. The summed E-state index contributed by atoms with van der Waals surface area (Å²) in [5, 5.41) is 6.75. The number of carbonyl (C=O) groups is 2. The van der Waals surface area contributed by atoms with E-state index in [1.165, 1.54) is 0 Å². The van der Waals surface area contributed by atoms with E-state index in [0.29, 0.717) is 6.54 Å². The molecule has 0 aliphatic carbocycles. The Hall–Kier alpha value is -3.25. The molecule has 154 valence electrons. The smallest absolute Gasteiger partial charge is 0.319 e. The Morgan fingerprint density at radius 2 is 1.70 bits per heavy atom. The van der Waals surface area contributed by atoms with Crippen molar-refractivity contribution in [3.05, 3.63) is 72.4 Å². The number of hydrogen-bond acceptors (Lipinski definition) is 4. The summed E-state index contributed by atoms with van der Waals surface area (Å²) in [5.74, 6) is 0.345. The molecule has 1 aliphatic rings. The minimum atomic E-state index is -0.222. The number of para-hydroxylation sites is 1. The fourth-order valence-corrected chi connectivity index (χ4v) is 3.96. The molecule has 2 N–H and O–H groups in total. The average molecular weight is 402 g/mol. The van der Waals surface area contributed by atoms with Crippen LogP contribution in [0.15, 0.2) is 66.9 Å². The van der Waals surface area contributed by atoms with Gasteiger partial charge >= 0.3 is 6.03 Å². The normalized spacial score (nSPS) is 15.1. The van der Waals surface area contributed by atoms with Crippen molar-refractivity contribution in [3.8, 4) is 0 Å². The number of Topliss-reactive ketones (excluding diaryl/α,β-unsaturated/α-hetero) is 1. The molecular weight excluding hydrogens is 376 g/mol. The molecule has 1 saturated heterocycles. The number of benzene rings is 2. The van der Waals surface area contributed by atoms with Gasteiger partial charge in [-0.1, -0.05) is 48.5 Å². The fourth-order valence-electron chi connectivity index (χ4n) is 3.96. The highest BCUT2D eigenvalue weighted by molar-refractivity contribution is 6.00. The summed E-state index contributed by atoms with van der Waals surface area (Å²) in [4.78, 5) is 31.5. The van der Waals surface area contributed by atoms with Gasteiger partial charge in [-0.3, -0.25) is 9.78 Å². The van der Waals surface area contributed by atoms with Gasteiger partial charge in [0.05, 0.1) is 11.2 Å². The second-order valence-electron chi connectivity index (χ2n) is 7.60. The number of hydrogen-bond donors (Lipinski definition) is 2. The Kier molecular flexibility index (Phi) is 6.35. The number of piperidine rings is 1. The highest BCUT2D eigenvalue weighted by Crippen LogP contribution is 2.22. The van der Waals surface area contributed by atoms with E-state index in [9.17, 15) is 9.59 Å². The van der Waals surface area contributed by atoms with Crippen LogP contribution < -0.4 is 10.6 Å². The molecule has 6 nitrogen and oxygen atoms in total. The Balaban J connectivity index is 1.21. The van der Waals surface area contributed by atoms with E-state index in [4.69, 9.17) is 0 Å². The molecule has 3 aromatic rings. The van der Waals surface area contributed by atoms with E-state index < -0.39 is 0 Å². The lowest BCUT2D eigenvalue weighted by molar-refractivity contribution is 0.0841. The predicted molar refractivity (Wildman–Crippen MR) is 119 cm³/mol. The van der Waals surface area contributed by atoms with Gasteiger partial charge < -0.3 is 15.5 Å². The number of rotatable bonds is 6. The van der Waals surface area contributed by atoms with Gasteiger partial charge in [-0.15, -0.1) is 0 Å². The van der Waals surface area contributed by atoms with Crippen LogP contribution >= 0.6 is 0 Å². The van der Waals surface area contributed by atoms with Crippen molar-refractivity contribution >= 4 is 28.4 Å². The first kappa shape index (κ1) is 20.0. The van der Waals surface area contributed by atoms with E-state index in [1.54, 1.807) is 12.3 Å². The van der Waals surface area contributed by atoms with Gasteiger partial charge in [0.1, 0.15) is 0 Å². The van der Waals surface area contributed by atoms with Crippen LogP contribution in [0.1, 0.15) is 23.2 Å². The van der Waals surface area contributed by atoms with Crippen LogP contribution in [0.5, 0.6) is 0 Å². The summed E-state index contributed by atoms with van der Waals surface area (Å²) in [6, 6.07) is 18.8. The number of anilines is 1. The van der Waals surface area contributed by atoms with Gasteiger partial charge in [-0.05, 0) is 38.1 Å². The van der Waals surface area contributed by atoms with Crippen LogP contribution in [0.4, 0.5) is 10.5 Å². The van der Waals surface area contributed by atoms with Gasteiger partial charge in [-0.2, -0.15) is 0 Å². The summed E-state index contributed by atoms with van der Waals surface area (Å²) in [6.07, 6.45) is 3.42. The van der Waals surface area contributed by atoms with Crippen LogP contribution in [0, 0.1) is 5.92 Å². The molecule has 2 amide bonds. The third-order valence-electron chi connectivity index (χ3n) is 5.63. The zero-order chi connectivity index (χ0) is 20.8. The number of nitrogens with one attached hydrogen (secondary N) is 2. The number of amides is 2. The maximum absolute atomic E-state index is 12.6. The van der Waals surface area contributed by atoms with Crippen LogP contribution in [0.3, 0.4) is 0 Å². The van der Waals surface area contributed by atoms with E-state index in [1.807, 2.05) is 54.6 Å². The van der Waals surface area contributed by atoms with Crippen LogP contribution in [0.2, 0.25) is 0 Å². The summed E-state index contributed by atoms with van der Waals surface area (Å²) < 4.78 is 0. The van der Waals surface area contributed by atoms with Gasteiger partial charge in [-0.25, -0.2) is 4.79 Å². The SMILES string of the molecule is O=C(NCCN1CCC(C(=O)c2ccccc2)CC1)Nc1ccnc2ccccc12. The molecule has 30 heavy (non-hydrogen) atoms. The Morgan fingerprint density at radius 3 is 2.50 bits per heavy atom. The fraction of sp³-hybridized carbons (Fsp3) is 0.292. The van der Waals surface area contributed by atoms with Gasteiger partial charge in [0.2, 0.25) is 0 Å². The minimum absolute atomic E-state index is 0.0971. The predicted octanol–water partition coefficient (Wildman–Crippen LogP) is 3.95. The van der Waals surface area contributed by atoms with Crippen molar-refractivity contribution in [1.29, 1.82) is 0 Å². The highest BCUT2D eigenvalue weighted by Gasteiger charge is 2.25. The number of likely N-dealkylation sites (tertiary alicyclic amines) is 1. The second kappa shape index (κ2) is 9.50. The number of ketones is 1. The molecule has 0 bridgehead atoms. The number of urea groups is 1. The topological polar surface area (TPSA) is 74.3 Å². The molecule has 0 saturated carbocycles. The first-order chi connectivity index (χ1) is 14.7. The maximum Gasteiger partial charge on any atom is 0.319 e. The summed E-state index contributed by atoms with van der Waals surface area (Å²) >= 11 is 0. The Bertz CT molecular complexity index is 1010. The van der Waals surface area contributed by atoms with E-state index in [0.717, 1.165) is 54.6 Å². The molecule has 0 unspecified atom stereocenters. The molecule has 1 aliphatic heterocycles. The molecule has 6 heteroatoms. The monoisotopic (exact) mass is 402 g/mol. The van der Waals surface area contributed by atoms with Crippen molar-refractivity contribution in [2.75, 3.05) is 31.5 Å². The molecule has 0 spiro atoms. The van der Waals surface area contributed by atoms with Crippen molar-refractivity contribution < 1.29 is 9.59 Å². The third kappa shape index (κ3) is 4.83. The number of fused-ring (bicyclic) bond motifs is 1. The molecule has 0 radical (unpaired) electrons. The number of carbonyl (C=O) groups excluding carboxylic acids is 2. The van der Waals surface area contributed by atoms with Gasteiger partial charge in [0.25, 0.3) is 0 Å². The van der Waals surface area contributed by atoms with E-state index in [-0.39, 0.29) is 17.7 Å². The van der Waals surface area contributed by atoms with E-state index in [2.05, 4.69) is 20.5 Å². The summed E-state index contributed by atoms with van der Waals surface area (Å²) in [6.45, 7) is 3.09. The van der Waals surface area contributed by atoms with Gasteiger partial charge in [0.15, 0.2) is 5.78 Å². The average Bonchev–Trinajstić information content (AvgIpc) is 2.80. The lowest BCUT2D eigenvalue weighted by atomic mass is 9.89. The minimum Gasteiger partial charge on any atom is -0.337 e. The van der Waals surface area contributed by atoms with Crippen molar-refractivity contribution in [1.82, 2.24) is 15.2 Å². The third-order valence-corrected chi connectivity index (χ3v) is 5.63. The maximum atomic E-state index is 12.6. The lowest BCUT2D eigenvalue weighted by Crippen LogP contribution is -2.41. The summed E-state index contributed by atoms with van der Waals surface area (Å²) in [7, 11) is 0. The van der Waals surface area contributed by atoms with Crippen LogP contribution in [-0.2, 0) is 0 Å². The van der Waals surface area contributed by atoms with Crippen LogP contribution in [0.25, 0.3) is 10.9 Å². The molecule has 0 atom stereocenters. The molecule has 2 aromatic carbocycles. The second-order valence-corrected chi connectivity index (χ2v) is 7.60. The zero-order valence-corrected chi connectivity index (χ0v) is 16.9.